The standard InChI is InChI=1S/C18H28N2/c1-16(2)15(17(16,3)4)11-20-12-18(9-10-18)13-5-7-14(19)8-6-13/h5-8,15,20H,9-12,19H2,1-4H3. The van der Waals surface area contributed by atoms with Crippen LogP contribution in [0.5, 0.6) is 0 Å². The molecule has 0 spiro atoms. The molecular weight excluding hydrogens is 244 g/mol. The molecule has 20 heavy (non-hydrogen) atoms. The summed E-state index contributed by atoms with van der Waals surface area (Å²) in [4.78, 5) is 0. The molecule has 0 aromatic heterocycles. The van der Waals surface area contributed by atoms with Crippen LogP contribution in [0, 0.1) is 16.7 Å². The molecule has 0 atom stereocenters. The molecule has 2 aliphatic carbocycles. The average Bonchev–Trinajstić information content (AvgIpc) is 3.23. The normalized spacial score (nSPS) is 25.4. The Morgan fingerprint density at radius 2 is 1.60 bits per heavy atom. The third kappa shape index (κ3) is 2.05. The third-order valence-electron chi connectivity index (χ3n) is 6.51. The zero-order chi connectivity index (χ0) is 14.6. The van der Waals surface area contributed by atoms with Gasteiger partial charge in [-0.15, -0.1) is 0 Å². The highest BCUT2D eigenvalue weighted by atomic mass is 14.9. The van der Waals surface area contributed by atoms with E-state index in [2.05, 4.69) is 45.1 Å². The van der Waals surface area contributed by atoms with E-state index in [1.807, 2.05) is 12.1 Å². The summed E-state index contributed by atoms with van der Waals surface area (Å²) in [5.41, 5.74) is 9.45. The van der Waals surface area contributed by atoms with Gasteiger partial charge in [-0.05, 0) is 53.8 Å². The lowest BCUT2D eigenvalue weighted by Crippen LogP contribution is -2.29. The number of hydrogen-bond donors (Lipinski definition) is 2. The third-order valence-corrected chi connectivity index (χ3v) is 6.51. The van der Waals surface area contributed by atoms with Gasteiger partial charge in [0.2, 0.25) is 0 Å². The minimum absolute atomic E-state index is 0.386. The van der Waals surface area contributed by atoms with Crippen molar-refractivity contribution in [3.63, 3.8) is 0 Å². The van der Waals surface area contributed by atoms with Crippen LogP contribution in [0.15, 0.2) is 24.3 Å². The van der Waals surface area contributed by atoms with E-state index in [0.29, 0.717) is 16.2 Å². The average molecular weight is 272 g/mol. The van der Waals surface area contributed by atoms with Crippen LogP contribution in [0.2, 0.25) is 0 Å². The Morgan fingerprint density at radius 3 is 2.05 bits per heavy atom. The van der Waals surface area contributed by atoms with Crippen molar-refractivity contribution in [3.05, 3.63) is 29.8 Å². The highest BCUT2D eigenvalue weighted by Crippen LogP contribution is 2.68. The number of benzene rings is 1. The lowest BCUT2D eigenvalue weighted by Gasteiger charge is -2.17. The highest BCUT2D eigenvalue weighted by molar-refractivity contribution is 5.43. The number of rotatable bonds is 5. The van der Waals surface area contributed by atoms with Gasteiger partial charge in [0.25, 0.3) is 0 Å². The summed E-state index contributed by atoms with van der Waals surface area (Å²) in [6.45, 7) is 11.8. The first kappa shape index (κ1) is 13.9. The molecule has 0 unspecified atom stereocenters. The maximum absolute atomic E-state index is 5.78. The second-order valence-corrected chi connectivity index (χ2v) is 8.03. The van der Waals surface area contributed by atoms with Crippen LogP contribution in [-0.4, -0.2) is 13.1 Å². The lowest BCUT2D eigenvalue weighted by molar-refractivity contribution is 0.457. The quantitative estimate of drug-likeness (QED) is 0.804. The topological polar surface area (TPSA) is 38.0 Å². The maximum Gasteiger partial charge on any atom is 0.0314 e. The van der Waals surface area contributed by atoms with Gasteiger partial charge in [0.15, 0.2) is 0 Å². The molecule has 2 aliphatic rings. The summed E-state index contributed by atoms with van der Waals surface area (Å²) in [5.74, 6) is 0.803. The molecule has 2 saturated carbocycles. The van der Waals surface area contributed by atoms with E-state index in [-0.39, 0.29) is 0 Å². The van der Waals surface area contributed by atoms with E-state index in [4.69, 9.17) is 5.73 Å². The largest absolute Gasteiger partial charge is 0.399 e. The first-order valence-corrected chi connectivity index (χ1v) is 7.86. The Bertz CT molecular complexity index is 481. The molecule has 0 heterocycles. The molecule has 3 N–H and O–H groups in total. The molecule has 0 saturated heterocycles. The molecule has 0 radical (unpaired) electrons. The van der Waals surface area contributed by atoms with Gasteiger partial charge in [-0.25, -0.2) is 0 Å². The van der Waals surface area contributed by atoms with E-state index >= 15 is 0 Å². The molecule has 0 amide bonds. The summed E-state index contributed by atoms with van der Waals surface area (Å²) < 4.78 is 0. The molecule has 2 fully saturated rings. The number of nitrogens with one attached hydrogen (secondary N) is 1. The van der Waals surface area contributed by atoms with Crippen molar-refractivity contribution < 1.29 is 0 Å². The predicted molar refractivity (Wildman–Crippen MR) is 85.7 cm³/mol. The fraction of sp³-hybridized carbons (Fsp3) is 0.667. The molecule has 1 aromatic carbocycles. The first-order valence-electron chi connectivity index (χ1n) is 7.86. The van der Waals surface area contributed by atoms with Crippen LogP contribution < -0.4 is 11.1 Å². The van der Waals surface area contributed by atoms with Crippen molar-refractivity contribution in [1.29, 1.82) is 0 Å². The summed E-state index contributed by atoms with van der Waals surface area (Å²) in [7, 11) is 0. The second kappa shape index (κ2) is 4.24. The van der Waals surface area contributed by atoms with Crippen molar-refractivity contribution in [2.45, 2.75) is 46.0 Å². The lowest BCUT2D eigenvalue weighted by atomic mass is 9.95. The van der Waals surface area contributed by atoms with Crippen molar-refractivity contribution in [2.75, 3.05) is 18.8 Å². The molecular formula is C18H28N2. The summed E-state index contributed by atoms with van der Waals surface area (Å²) in [5, 5.41) is 3.74. The number of nitrogen functional groups attached to an aromatic ring is 1. The van der Waals surface area contributed by atoms with E-state index in [9.17, 15) is 0 Å². The molecule has 3 rings (SSSR count). The van der Waals surface area contributed by atoms with E-state index in [1.165, 1.54) is 18.4 Å². The molecule has 2 heteroatoms. The van der Waals surface area contributed by atoms with Crippen LogP contribution in [0.4, 0.5) is 5.69 Å². The van der Waals surface area contributed by atoms with Crippen molar-refractivity contribution in [1.82, 2.24) is 5.32 Å². The van der Waals surface area contributed by atoms with Gasteiger partial charge in [-0.2, -0.15) is 0 Å². The molecule has 0 bridgehead atoms. The van der Waals surface area contributed by atoms with Gasteiger partial charge in [0.05, 0.1) is 0 Å². The fourth-order valence-electron chi connectivity index (χ4n) is 3.85. The second-order valence-electron chi connectivity index (χ2n) is 8.03. The van der Waals surface area contributed by atoms with Crippen molar-refractivity contribution in [2.24, 2.45) is 16.7 Å². The smallest absolute Gasteiger partial charge is 0.0314 e. The van der Waals surface area contributed by atoms with Crippen molar-refractivity contribution in [3.8, 4) is 0 Å². The van der Waals surface area contributed by atoms with Gasteiger partial charge in [0, 0.05) is 17.6 Å². The summed E-state index contributed by atoms with van der Waals surface area (Å²) in [6, 6.07) is 8.47. The molecule has 0 aliphatic heterocycles. The Balaban J connectivity index is 1.56. The van der Waals surface area contributed by atoms with Crippen LogP contribution in [0.25, 0.3) is 0 Å². The monoisotopic (exact) mass is 272 g/mol. The minimum Gasteiger partial charge on any atom is -0.399 e. The molecule has 1 aromatic rings. The van der Waals surface area contributed by atoms with Crippen molar-refractivity contribution >= 4 is 5.69 Å². The SMILES string of the molecule is CC1(C)C(CNCC2(c3ccc(N)cc3)CC2)C1(C)C. The van der Waals surface area contributed by atoms with Gasteiger partial charge in [-0.3, -0.25) is 0 Å². The van der Waals surface area contributed by atoms with E-state index in [0.717, 1.165) is 24.7 Å². The molecule has 110 valence electrons. The fourth-order valence-corrected chi connectivity index (χ4v) is 3.85. The van der Waals surface area contributed by atoms with Crippen LogP contribution in [0.3, 0.4) is 0 Å². The molecule has 2 nitrogen and oxygen atoms in total. The van der Waals surface area contributed by atoms with Gasteiger partial charge < -0.3 is 11.1 Å². The first-order chi connectivity index (χ1) is 9.30. The summed E-state index contributed by atoms with van der Waals surface area (Å²) >= 11 is 0. The number of nitrogens with two attached hydrogens (primary N) is 1. The zero-order valence-electron chi connectivity index (χ0n) is 13.3. The Hall–Kier alpha value is -1.02. The zero-order valence-corrected chi connectivity index (χ0v) is 13.3. The van der Waals surface area contributed by atoms with E-state index < -0.39 is 0 Å². The van der Waals surface area contributed by atoms with Crippen LogP contribution >= 0.6 is 0 Å². The maximum atomic E-state index is 5.78. The Morgan fingerprint density at radius 1 is 1.05 bits per heavy atom. The van der Waals surface area contributed by atoms with Crippen LogP contribution in [0.1, 0.15) is 46.1 Å². The number of anilines is 1. The van der Waals surface area contributed by atoms with E-state index in [1.54, 1.807) is 0 Å². The van der Waals surface area contributed by atoms with Gasteiger partial charge in [0.1, 0.15) is 0 Å². The van der Waals surface area contributed by atoms with Gasteiger partial charge in [-0.1, -0.05) is 39.8 Å². The summed E-state index contributed by atoms with van der Waals surface area (Å²) in [6.07, 6.45) is 2.61. The van der Waals surface area contributed by atoms with Gasteiger partial charge >= 0.3 is 0 Å². The Labute approximate surface area is 123 Å². The number of hydrogen-bond acceptors (Lipinski definition) is 2. The predicted octanol–water partition coefficient (Wildman–Crippen LogP) is 3.57. The van der Waals surface area contributed by atoms with Crippen LogP contribution in [-0.2, 0) is 5.41 Å². The minimum atomic E-state index is 0.386. The highest BCUT2D eigenvalue weighted by Gasteiger charge is 2.64. The Kier molecular flexibility index (Phi) is 2.95.